The van der Waals surface area contributed by atoms with Crippen molar-refractivity contribution in [1.82, 2.24) is 5.43 Å². The van der Waals surface area contributed by atoms with Gasteiger partial charge in [-0.3, -0.25) is 0 Å². The van der Waals surface area contributed by atoms with Crippen LogP contribution in [0.25, 0.3) is 0 Å². The molecular formula is C24H25N3O2. The smallest absolute Gasteiger partial charge is 0.428 e. The summed E-state index contributed by atoms with van der Waals surface area (Å²) < 4.78 is 5.15. The Morgan fingerprint density at radius 3 is 1.79 bits per heavy atom. The molecule has 3 rings (SSSR count). The summed E-state index contributed by atoms with van der Waals surface area (Å²) in [6, 6.07) is 28.4. The van der Waals surface area contributed by atoms with Crippen LogP contribution in [-0.4, -0.2) is 17.9 Å². The van der Waals surface area contributed by atoms with Crippen LogP contribution in [-0.2, 0) is 4.74 Å². The van der Waals surface area contributed by atoms with Gasteiger partial charge in [0.15, 0.2) is 0 Å². The van der Waals surface area contributed by atoms with Gasteiger partial charge >= 0.3 is 6.09 Å². The van der Waals surface area contributed by atoms with E-state index in [9.17, 15) is 4.79 Å². The summed E-state index contributed by atoms with van der Waals surface area (Å²) >= 11 is 0. The standard InChI is InChI=1S/C24H25N3O2/c1-24(2,3)29-23(28)26-25-18-19-14-16-22(17-15-19)27(20-10-6-4-7-11-20)21-12-8-5-9-13-21/h4-18H,1-3H3,(H,26,28)/b25-18-. The molecule has 0 fully saturated rings. The van der Waals surface area contributed by atoms with Crippen LogP contribution in [0.2, 0.25) is 0 Å². The molecule has 3 aromatic carbocycles. The Morgan fingerprint density at radius 1 is 0.828 bits per heavy atom. The number of anilines is 3. The number of hydrogen-bond acceptors (Lipinski definition) is 4. The molecule has 1 N–H and O–H groups in total. The number of hydrazone groups is 1. The fraction of sp³-hybridized carbons (Fsp3) is 0.167. The summed E-state index contributed by atoms with van der Waals surface area (Å²) in [7, 11) is 0. The maximum absolute atomic E-state index is 11.7. The summed E-state index contributed by atoms with van der Waals surface area (Å²) in [5.41, 5.74) is 5.86. The first kappa shape index (κ1) is 20.1. The van der Waals surface area contributed by atoms with Gasteiger partial charge in [0.25, 0.3) is 0 Å². The number of hydrogen-bond donors (Lipinski definition) is 1. The fourth-order valence-electron chi connectivity index (χ4n) is 2.77. The van der Waals surface area contributed by atoms with E-state index in [1.807, 2.05) is 60.7 Å². The molecule has 0 atom stereocenters. The van der Waals surface area contributed by atoms with Crippen LogP contribution in [0.15, 0.2) is 90.0 Å². The number of para-hydroxylation sites is 2. The van der Waals surface area contributed by atoms with Gasteiger partial charge in [-0.15, -0.1) is 0 Å². The molecule has 0 saturated heterocycles. The van der Waals surface area contributed by atoms with Crippen molar-refractivity contribution in [2.75, 3.05) is 4.90 Å². The van der Waals surface area contributed by atoms with E-state index in [0.29, 0.717) is 0 Å². The number of ether oxygens (including phenoxy) is 1. The number of amides is 1. The molecule has 0 aromatic heterocycles. The quantitative estimate of drug-likeness (QED) is 0.430. The lowest BCUT2D eigenvalue weighted by molar-refractivity contribution is 0.0529. The number of nitrogens with one attached hydrogen (secondary N) is 1. The van der Waals surface area contributed by atoms with Crippen LogP contribution in [0, 0.1) is 0 Å². The molecule has 0 aliphatic rings. The highest BCUT2D eigenvalue weighted by molar-refractivity contribution is 5.83. The van der Waals surface area contributed by atoms with Crippen molar-refractivity contribution < 1.29 is 9.53 Å². The van der Waals surface area contributed by atoms with Crippen LogP contribution in [0.4, 0.5) is 21.9 Å². The second-order valence-corrected chi connectivity index (χ2v) is 7.47. The average molecular weight is 387 g/mol. The summed E-state index contributed by atoms with van der Waals surface area (Å²) in [4.78, 5) is 13.8. The van der Waals surface area contributed by atoms with Gasteiger partial charge in [-0.2, -0.15) is 5.10 Å². The molecule has 29 heavy (non-hydrogen) atoms. The van der Waals surface area contributed by atoms with Crippen molar-refractivity contribution >= 4 is 29.4 Å². The third kappa shape index (κ3) is 5.94. The van der Waals surface area contributed by atoms with E-state index in [4.69, 9.17) is 4.74 Å². The van der Waals surface area contributed by atoms with E-state index in [1.165, 1.54) is 0 Å². The van der Waals surface area contributed by atoms with Crippen molar-refractivity contribution in [2.45, 2.75) is 26.4 Å². The topological polar surface area (TPSA) is 53.9 Å². The Hall–Kier alpha value is -3.60. The average Bonchev–Trinajstić information content (AvgIpc) is 2.70. The third-order valence-corrected chi connectivity index (χ3v) is 3.95. The Bertz CT molecular complexity index is 907. The van der Waals surface area contributed by atoms with Crippen molar-refractivity contribution in [2.24, 2.45) is 5.10 Å². The number of carbonyl (C=O) groups excluding carboxylic acids is 1. The molecule has 0 aliphatic heterocycles. The molecule has 0 heterocycles. The summed E-state index contributed by atoms with van der Waals surface area (Å²) in [6.07, 6.45) is 1.01. The van der Waals surface area contributed by atoms with E-state index in [2.05, 4.69) is 39.7 Å². The highest BCUT2D eigenvalue weighted by atomic mass is 16.6. The van der Waals surface area contributed by atoms with Gasteiger partial charge in [-0.05, 0) is 62.7 Å². The molecule has 148 valence electrons. The Morgan fingerprint density at radius 2 is 1.31 bits per heavy atom. The second kappa shape index (κ2) is 9.06. The van der Waals surface area contributed by atoms with Crippen LogP contribution >= 0.6 is 0 Å². The zero-order chi connectivity index (χ0) is 20.7. The second-order valence-electron chi connectivity index (χ2n) is 7.47. The minimum absolute atomic E-state index is 0.556. The van der Waals surface area contributed by atoms with E-state index in [-0.39, 0.29) is 0 Å². The molecule has 0 aliphatic carbocycles. The number of nitrogens with zero attached hydrogens (tertiary/aromatic N) is 2. The largest absolute Gasteiger partial charge is 0.443 e. The van der Waals surface area contributed by atoms with Gasteiger partial charge in [0.1, 0.15) is 5.60 Å². The first-order valence-electron chi connectivity index (χ1n) is 9.45. The monoisotopic (exact) mass is 387 g/mol. The van der Waals surface area contributed by atoms with Gasteiger partial charge < -0.3 is 9.64 Å². The lowest BCUT2D eigenvalue weighted by atomic mass is 10.1. The molecule has 0 radical (unpaired) electrons. The summed E-state index contributed by atoms with van der Waals surface area (Å²) in [6.45, 7) is 5.42. The minimum atomic E-state index is -0.579. The molecule has 0 spiro atoms. The van der Waals surface area contributed by atoms with Gasteiger partial charge in [-0.25, -0.2) is 10.2 Å². The zero-order valence-corrected chi connectivity index (χ0v) is 16.9. The number of rotatable bonds is 5. The molecule has 0 saturated carbocycles. The van der Waals surface area contributed by atoms with Crippen molar-refractivity contribution in [3.05, 3.63) is 90.5 Å². The fourth-order valence-corrected chi connectivity index (χ4v) is 2.77. The van der Waals surface area contributed by atoms with Gasteiger partial charge in [0, 0.05) is 17.1 Å². The summed E-state index contributed by atoms with van der Waals surface area (Å²) in [5, 5.41) is 3.95. The molecule has 5 nitrogen and oxygen atoms in total. The van der Waals surface area contributed by atoms with Crippen molar-refractivity contribution in [1.29, 1.82) is 0 Å². The number of benzene rings is 3. The van der Waals surface area contributed by atoms with Crippen LogP contribution < -0.4 is 10.3 Å². The normalized spacial score (nSPS) is 11.3. The molecule has 0 unspecified atom stereocenters. The van der Waals surface area contributed by atoms with E-state index in [0.717, 1.165) is 22.6 Å². The first-order valence-corrected chi connectivity index (χ1v) is 9.45. The van der Waals surface area contributed by atoms with Crippen molar-refractivity contribution in [3.8, 4) is 0 Å². The van der Waals surface area contributed by atoms with Gasteiger partial charge in [-0.1, -0.05) is 48.5 Å². The van der Waals surface area contributed by atoms with Crippen LogP contribution in [0.5, 0.6) is 0 Å². The SMILES string of the molecule is CC(C)(C)OC(=O)N/N=C\c1ccc(N(c2ccccc2)c2ccccc2)cc1. The van der Waals surface area contributed by atoms with Gasteiger partial charge in [0.2, 0.25) is 0 Å². The zero-order valence-electron chi connectivity index (χ0n) is 16.9. The lowest BCUT2D eigenvalue weighted by Gasteiger charge is -2.25. The summed E-state index contributed by atoms with van der Waals surface area (Å²) in [5.74, 6) is 0. The van der Waals surface area contributed by atoms with Gasteiger partial charge in [0.05, 0.1) is 6.21 Å². The minimum Gasteiger partial charge on any atom is -0.443 e. The molecule has 1 amide bonds. The van der Waals surface area contributed by atoms with Crippen LogP contribution in [0.3, 0.4) is 0 Å². The molecule has 0 bridgehead atoms. The maximum Gasteiger partial charge on any atom is 0.428 e. The molecular weight excluding hydrogens is 362 g/mol. The Labute approximate surface area is 171 Å². The van der Waals surface area contributed by atoms with Crippen molar-refractivity contribution in [3.63, 3.8) is 0 Å². The molecule has 5 heteroatoms. The van der Waals surface area contributed by atoms with E-state index >= 15 is 0 Å². The Kier molecular flexibility index (Phi) is 6.29. The van der Waals surface area contributed by atoms with Crippen LogP contribution in [0.1, 0.15) is 26.3 Å². The number of carbonyl (C=O) groups is 1. The highest BCUT2D eigenvalue weighted by Crippen LogP contribution is 2.33. The third-order valence-electron chi connectivity index (χ3n) is 3.95. The predicted molar refractivity (Wildman–Crippen MR) is 118 cm³/mol. The molecule has 3 aromatic rings. The lowest BCUT2D eigenvalue weighted by Crippen LogP contribution is -2.29. The highest BCUT2D eigenvalue weighted by Gasteiger charge is 2.15. The predicted octanol–water partition coefficient (Wildman–Crippen LogP) is 6.02. The van der Waals surface area contributed by atoms with E-state index < -0.39 is 11.7 Å². The Balaban J connectivity index is 1.76. The first-order chi connectivity index (χ1) is 13.9. The maximum atomic E-state index is 11.7. The van der Waals surface area contributed by atoms with E-state index in [1.54, 1.807) is 27.0 Å².